The zero-order valence-electron chi connectivity index (χ0n) is 16.3. The predicted octanol–water partition coefficient (Wildman–Crippen LogP) is 2.35. The molecular formula is C19H30N2O5. The average Bonchev–Trinajstić information content (AvgIpc) is 2.62. The zero-order chi connectivity index (χ0) is 19.5. The molecule has 0 aromatic heterocycles. The highest BCUT2D eigenvalue weighted by atomic mass is 16.5. The number of benzene rings is 1. The van der Waals surface area contributed by atoms with Crippen LogP contribution in [-0.2, 0) is 25.6 Å². The number of rotatable bonds is 11. The van der Waals surface area contributed by atoms with E-state index in [-0.39, 0.29) is 6.42 Å². The molecule has 0 radical (unpaired) electrons. The molecule has 0 fully saturated rings. The number of ether oxygens (including phenoxy) is 3. The topological polar surface area (TPSA) is 85.9 Å². The van der Waals surface area contributed by atoms with E-state index in [0.717, 1.165) is 12.0 Å². The lowest BCUT2D eigenvalue weighted by molar-refractivity contribution is -0.148. The van der Waals surface area contributed by atoms with Crippen molar-refractivity contribution in [2.45, 2.75) is 39.3 Å². The summed E-state index contributed by atoms with van der Waals surface area (Å²) < 4.78 is 15.4. The molecule has 7 heteroatoms. The number of nitrogens with one attached hydrogen (secondary N) is 2. The molecule has 1 aromatic carbocycles. The average molecular weight is 366 g/mol. The molecule has 0 spiro atoms. The lowest BCUT2D eigenvalue weighted by Gasteiger charge is -2.22. The van der Waals surface area contributed by atoms with Crippen molar-refractivity contribution in [3.8, 4) is 5.75 Å². The maximum Gasteiger partial charge on any atom is 0.328 e. The molecule has 0 saturated heterocycles. The van der Waals surface area contributed by atoms with E-state index in [1.165, 1.54) is 14.2 Å². The number of hydrogen-bond acceptors (Lipinski definition) is 7. The van der Waals surface area contributed by atoms with E-state index < -0.39 is 18.0 Å². The van der Waals surface area contributed by atoms with E-state index in [1.54, 1.807) is 0 Å². The van der Waals surface area contributed by atoms with Gasteiger partial charge in [-0.2, -0.15) is 0 Å². The first-order chi connectivity index (χ1) is 12.4. The summed E-state index contributed by atoms with van der Waals surface area (Å²) in [6.07, 6.45) is 0.779. The van der Waals surface area contributed by atoms with Gasteiger partial charge in [0.1, 0.15) is 11.8 Å². The van der Waals surface area contributed by atoms with Gasteiger partial charge in [-0.25, -0.2) is 4.79 Å². The summed E-state index contributed by atoms with van der Waals surface area (Å²) in [5, 5.41) is 6.21. The van der Waals surface area contributed by atoms with Crippen LogP contribution in [0.15, 0.2) is 18.2 Å². The Labute approximate surface area is 155 Å². The van der Waals surface area contributed by atoms with Crippen LogP contribution in [0.2, 0.25) is 0 Å². The second-order valence-corrected chi connectivity index (χ2v) is 6.35. The van der Waals surface area contributed by atoms with Crippen molar-refractivity contribution in [1.29, 1.82) is 0 Å². The Morgan fingerprint density at radius 3 is 2.46 bits per heavy atom. The molecule has 26 heavy (non-hydrogen) atoms. The van der Waals surface area contributed by atoms with Gasteiger partial charge in [0.15, 0.2) is 0 Å². The van der Waals surface area contributed by atoms with E-state index in [0.29, 0.717) is 30.5 Å². The van der Waals surface area contributed by atoms with Crippen LogP contribution in [0.4, 0.5) is 5.69 Å². The summed E-state index contributed by atoms with van der Waals surface area (Å²) in [6.45, 7) is 5.40. The van der Waals surface area contributed by atoms with Crippen LogP contribution in [0.3, 0.4) is 0 Å². The van der Waals surface area contributed by atoms with Gasteiger partial charge in [-0.15, -0.1) is 0 Å². The van der Waals surface area contributed by atoms with Crippen molar-refractivity contribution < 1.29 is 23.8 Å². The van der Waals surface area contributed by atoms with Crippen LogP contribution >= 0.6 is 0 Å². The summed E-state index contributed by atoms with van der Waals surface area (Å²) in [5.41, 5.74) is 1.60. The first-order valence-electron chi connectivity index (χ1n) is 8.73. The van der Waals surface area contributed by atoms with Gasteiger partial charge < -0.3 is 24.8 Å². The van der Waals surface area contributed by atoms with Crippen LogP contribution in [-0.4, -0.2) is 45.9 Å². The fourth-order valence-electron chi connectivity index (χ4n) is 2.36. The number of carbonyl (C=O) groups is 2. The lowest BCUT2D eigenvalue weighted by atomic mass is 10.1. The summed E-state index contributed by atoms with van der Waals surface area (Å²) in [6, 6.07) is 4.81. The third kappa shape index (κ3) is 6.92. The number of anilines is 1. The summed E-state index contributed by atoms with van der Waals surface area (Å²) in [4.78, 5) is 23.8. The Hall–Kier alpha value is -2.28. The van der Waals surface area contributed by atoms with Gasteiger partial charge in [0.2, 0.25) is 0 Å². The van der Waals surface area contributed by atoms with E-state index >= 15 is 0 Å². The van der Waals surface area contributed by atoms with Crippen LogP contribution in [0.5, 0.6) is 5.75 Å². The fraction of sp³-hybridized carbons (Fsp3) is 0.579. The van der Waals surface area contributed by atoms with E-state index in [9.17, 15) is 9.59 Å². The van der Waals surface area contributed by atoms with Gasteiger partial charge in [0.05, 0.1) is 32.9 Å². The van der Waals surface area contributed by atoms with Gasteiger partial charge in [0, 0.05) is 6.54 Å². The number of carbonyl (C=O) groups excluding carboxylic acids is 2. The number of hydrogen-bond donors (Lipinski definition) is 2. The third-order valence-corrected chi connectivity index (χ3v) is 3.84. The highest BCUT2D eigenvalue weighted by Gasteiger charge is 2.25. The number of esters is 2. The minimum Gasteiger partial charge on any atom is -0.491 e. The van der Waals surface area contributed by atoms with Gasteiger partial charge >= 0.3 is 11.9 Å². The molecule has 0 aliphatic carbocycles. The van der Waals surface area contributed by atoms with Crippen molar-refractivity contribution in [1.82, 2.24) is 5.32 Å². The molecule has 7 nitrogen and oxygen atoms in total. The van der Waals surface area contributed by atoms with Crippen molar-refractivity contribution in [3.63, 3.8) is 0 Å². The lowest BCUT2D eigenvalue weighted by Crippen LogP contribution is -2.34. The van der Waals surface area contributed by atoms with Crippen molar-refractivity contribution in [2.24, 2.45) is 5.92 Å². The highest BCUT2D eigenvalue weighted by molar-refractivity contribution is 5.86. The summed E-state index contributed by atoms with van der Waals surface area (Å²) in [7, 11) is 4.40. The molecule has 146 valence electrons. The van der Waals surface area contributed by atoms with Crippen molar-refractivity contribution in [3.05, 3.63) is 23.8 Å². The Bertz CT molecular complexity index is 589. The fourth-order valence-corrected chi connectivity index (χ4v) is 2.36. The van der Waals surface area contributed by atoms with Crippen LogP contribution < -0.4 is 15.4 Å². The summed E-state index contributed by atoms with van der Waals surface area (Å²) >= 11 is 0. The molecule has 2 N–H and O–H groups in total. The largest absolute Gasteiger partial charge is 0.491 e. The highest BCUT2D eigenvalue weighted by Crippen LogP contribution is 2.30. The molecule has 0 aliphatic heterocycles. The Morgan fingerprint density at radius 1 is 1.15 bits per heavy atom. The SMILES string of the molecule is CNCc1cccc(OCCC(C)C)c1NC(CC(=O)OC)C(=O)OC. The second-order valence-electron chi connectivity index (χ2n) is 6.35. The number of para-hydroxylation sites is 1. The standard InChI is InChI=1S/C19H30N2O5/c1-13(2)9-10-26-16-8-6-7-14(12-20-3)18(16)21-15(19(23)25-5)11-17(22)24-4/h6-8,13,15,20-21H,9-12H2,1-5H3. The third-order valence-electron chi connectivity index (χ3n) is 3.84. The maximum atomic E-state index is 12.1. The van der Waals surface area contributed by atoms with Gasteiger partial charge in [0.25, 0.3) is 0 Å². The normalized spacial score (nSPS) is 11.8. The molecule has 0 amide bonds. The molecular weight excluding hydrogens is 336 g/mol. The molecule has 0 bridgehead atoms. The smallest absolute Gasteiger partial charge is 0.328 e. The first kappa shape index (κ1) is 21.8. The van der Waals surface area contributed by atoms with Crippen molar-refractivity contribution >= 4 is 17.6 Å². The van der Waals surface area contributed by atoms with Gasteiger partial charge in [-0.1, -0.05) is 26.0 Å². The Kier molecular flexibility index (Phi) is 9.51. The quantitative estimate of drug-likeness (QED) is 0.581. The summed E-state index contributed by atoms with van der Waals surface area (Å²) in [5.74, 6) is 0.121. The Morgan fingerprint density at radius 2 is 1.88 bits per heavy atom. The molecule has 1 unspecified atom stereocenters. The molecule has 0 aliphatic rings. The minimum atomic E-state index is -0.863. The molecule has 1 rings (SSSR count). The predicted molar refractivity (Wildman–Crippen MR) is 100 cm³/mol. The monoisotopic (exact) mass is 366 g/mol. The zero-order valence-corrected chi connectivity index (χ0v) is 16.3. The molecule has 1 atom stereocenters. The Balaban J connectivity index is 3.10. The van der Waals surface area contributed by atoms with Crippen molar-refractivity contribution in [2.75, 3.05) is 33.2 Å². The van der Waals surface area contributed by atoms with Crippen LogP contribution in [0, 0.1) is 5.92 Å². The van der Waals surface area contributed by atoms with E-state index in [2.05, 4.69) is 29.2 Å². The molecule has 0 heterocycles. The van der Waals surface area contributed by atoms with Gasteiger partial charge in [-0.05, 0) is 31.0 Å². The molecule has 0 saturated carbocycles. The first-order valence-corrected chi connectivity index (χ1v) is 8.73. The van der Waals surface area contributed by atoms with E-state index in [1.807, 2.05) is 25.2 Å². The van der Waals surface area contributed by atoms with Crippen LogP contribution in [0.1, 0.15) is 32.3 Å². The van der Waals surface area contributed by atoms with E-state index in [4.69, 9.17) is 9.47 Å². The minimum absolute atomic E-state index is 0.136. The van der Waals surface area contributed by atoms with Crippen LogP contribution in [0.25, 0.3) is 0 Å². The van der Waals surface area contributed by atoms with Gasteiger partial charge in [-0.3, -0.25) is 4.79 Å². The maximum absolute atomic E-state index is 12.1. The number of methoxy groups -OCH3 is 2. The second kappa shape index (κ2) is 11.4. The molecule has 1 aromatic rings.